The monoisotopic (exact) mass is 285 g/mol. The summed E-state index contributed by atoms with van der Waals surface area (Å²) in [6, 6.07) is 1.35. The van der Waals surface area contributed by atoms with Crippen LogP contribution in [0.5, 0.6) is 0 Å². The Kier molecular flexibility index (Phi) is 5.02. The van der Waals surface area contributed by atoms with Crippen LogP contribution >= 0.6 is 11.8 Å². The number of amides is 1. The third-order valence-electron chi connectivity index (χ3n) is 2.07. The maximum absolute atomic E-state index is 13.5. The van der Waals surface area contributed by atoms with Crippen molar-refractivity contribution >= 4 is 22.8 Å². The zero-order valence-electron chi connectivity index (χ0n) is 10.1. The van der Waals surface area contributed by atoms with Gasteiger partial charge in [-0.1, -0.05) is 13.8 Å². The van der Waals surface area contributed by atoms with Gasteiger partial charge in [0, 0.05) is 16.9 Å². The van der Waals surface area contributed by atoms with E-state index >= 15 is 0 Å². The van der Waals surface area contributed by atoms with Crippen molar-refractivity contribution in [3.05, 3.63) is 39.8 Å². The lowest BCUT2D eigenvalue weighted by molar-refractivity contribution is -0.113. The smallest absolute Gasteiger partial charge is 0.252 e. The second-order valence-corrected chi connectivity index (χ2v) is 4.88. The highest BCUT2D eigenvalue weighted by Gasteiger charge is 2.18. The van der Waals surface area contributed by atoms with Gasteiger partial charge in [0.25, 0.3) is 5.91 Å². The van der Waals surface area contributed by atoms with Crippen LogP contribution in [0.2, 0.25) is 0 Å². The Morgan fingerprint density at radius 3 is 2.47 bits per heavy atom. The molecule has 0 aromatic heterocycles. The Balaban J connectivity index is 3.20. The van der Waals surface area contributed by atoms with Crippen molar-refractivity contribution in [3.63, 3.8) is 0 Å². The molecule has 1 aromatic carbocycles. The van der Waals surface area contributed by atoms with Gasteiger partial charge in [-0.3, -0.25) is 9.59 Å². The van der Waals surface area contributed by atoms with E-state index in [0.29, 0.717) is 17.8 Å². The first-order chi connectivity index (χ1) is 8.86. The minimum atomic E-state index is -1.17. The topological polar surface area (TPSA) is 82.9 Å². The SMILES string of the molecule is CC(C)C(=O)Sc1cc(C(=O)N=[N+]=[N-])c(F)cc1F. The summed E-state index contributed by atoms with van der Waals surface area (Å²) >= 11 is 0.569. The number of hydrogen-bond donors (Lipinski definition) is 0. The predicted molar refractivity (Wildman–Crippen MR) is 65.5 cm³/mol. The Morgan fingerprint density at radius 1 is 1.32 bits per heavy atom. The summed E-state index contributed by atoms with van der Waals surface area (Å²) in [6.07, 6.45) is 0. The average Bonchev–Trinajstić information content (AvgIpc) is 2.32. The molecule has 1 aromatic rings. The van der Waals surface area contributed by atoms with Crippen LogP contribution in [0.25, 0.3) is 10.4 Å². The van der Waals surface area contributed by atoms with Gasteiger partial charge in [-0.15, -0.1) is 0 Å². The zero-order valence-corrected chi connectivity index (χ0v) is 10.9. The molecule has 0 fully saturated rings. The zero-order chi connectivity index (χ0) is 14.6. The summed E-state index contributed by atoms with van der Waals surface area (Å²) in [5, 5.41) is 2.40. The normalized spacial score (nSPS) is 10.2. The molecule has 1 amide bonds. The highest BCUT2D eigenvalue weighted by molar-refractivity contribution is 8.13. The summed E-state index contributed by atoms with van der Waals surface area (Å²) in [4.78, 5) is 24.8. The summed E-state index contributed by atoms with van der Waals surface area (Å²) < 4.78 is 26.8. The highest BCUT2D eigenvalue weighted by Crippen LogP contribution is 2.28. The molecule has 5 nitrogen and oxygen atoms in total. The maximum Gasteiger partial charge on any atom is 0.252 e. The standard InChI is InChI=1S/C11H9F2N3O2S/c1-5(2)11(18)19-9-3-6(10(17)15-16-14)7(12)4-8(9)13/h3-5H,1-2H3. The molecule has 0 aliphatic carbocycles. The van der Waals surface area contributed by atoms with Gasteiger partial charge >= 0.3 is 0 Å². The molecule has 0 bridgehead atoms. The Labute approximate surface area is 111 Å². The summed E-state index contributed by atoms with van der Waals surface area (Å²) in [5.41, 5.74) is 7.54. The summed E-state index contributed by atoms with van der Waals surface area (Å²) in [7, 11) is 0. The molecule has 8 heteroatoms. The van der Waals surface area contributed by atoms with Crippen LogP contribution in [0.1, 0.15) is 24.2 Å². The third-order valence-corrected chi connectivity index (χ3v) is 3.27. The number of halogens is 2. The van der Waals surface area contributed by atoms with E-state index in [-0.39, 0.29) is 15.9 Å². The van der Waals surface area contributed by atoms with Crippen LogP contribution < -0.4 is 0 Å². The lowest BCUT2D eigenvalue weighted by atomic mass is 10.2. The third kappa shape index (κ3) is 3.77. The molecular weight excluding hydrogens is 276 g/mol. The predicted octanol–water partition coefficient (Wildman–Crippen LogP) is 3.69. The van der Waals surface area contributed by atoms with Gasteiger partial charge in [-0.25, -0.2) is 8.78 Å². The fourth-order valence-corrected chi connectivity index (χ4v) is 1.88. The minimum Gasteiger partial charge on any atom is -0.287 e. The van der Waals surface area contributed by atoms with Crippen LogP contribution in [0.15, 0.2) is 22.1 Å². The van der Waals surface area contributed by atoms with Crippen LogP contribution in [-0.4, -0.2) is 11.0 Å². The lowest BCUT2D eigenvalue weighted by Gasteiger charge is -2.07. The van der Waals surface area contributed by atoms with Gasteiger partial charge in [0.05, 0.1) is 10.5 Å². The van der Waals surface area contributed by atoms with Crippen molar-refractivity contribution in [1.29, 1.82) is 0 Å². The van der Waals surface area contributed by atoms with Crippen molar-refractivity contribution in [1.82, 2.24) is 0 Å². The first-order valence-electron chi connectivity index (χ1n) is 5.17. The number of thioether (sulfide) groups is 1. The molecule has 0 aliphatic heterocycles. The Hall–Kier alpha value is -1.92. The van der Waals surface area contributed by atoms with Crippen molar-refractivity contribution in [2.45, 2.75) is 18.7 Å². The van der Waals surface area contributed by atoms with Crippen molar-refractivity contribution in [3.8, 4) is 0 Å². The molecule has 0 unspecified atom stereocenters. The molecule has 0 atom stereocenters. The van der Waals surface area contributed by atoms with Crippen LogP contribution in [0.4, 0.5) is 8.78 Å². The minimum absolute atomic E-state index is 0.184. The van der Waals surface area contributed by atoms with E-state index in [9.17, 15) is 18.4 Å². The molecule has 0 radical (unpaired) electrons. The molecular formula is C11H9F2N3O2S. The van der Waals surface area contributed by atoms with E-state index in [1.165, 1.54) is 0 Å². The number of benzene rings is 1. The highest BCUT2D eigenvalue weighted by atomic mass is 32.2. The van der Waals surface area contributed by atoms with E-state index in [0.717, 1.165) is 6.07 Å². The number of carbonyl (C=O) groups is 2. The summed E-state index contributed by atoms with van der Waals surface area (Å²) in [5.74, 6) is -3.60. The molecule has 0 spiro atoms. The van der Waals surface area contributed by atoms with Gasteiger partial charge in [0.15, 0.2) is 5.12 Å². The number of nitrogens with zero attached hydrogens (tertiary/aromatic N) is 3. The molecule has 0 N–H and O–H groups in total. The number of carbonyl (C=O) groups excluding carboxylic acids is 2. The van der Waals surface area contributed by atoms with Crippen LogP contribution in [0, 0.1) is 17.6 Å². The van der Waals surface area contributed by atoms with Crippen molar-refractivity contribution in [2.24, 2.45) is 11.0 Å². The Bertz CT molecular complexity index is 584. The maximum atomic E-state index is 13.5. The van der Waals surface area contributed by atoms with E-state index in [2.05, 4.69) is 10.0 Å². The second kappa shape index (κ2) is 6.31. The van der Waals surface area contributed by atoms with Gasteiger partial charge in [-0.05, 0) is 28.5 Å². The molecule has 0 saturated carbocycles. The molecule has 0 saturated heterocycles. The first-order valence-corrected chi connectivity index (χ1v) is 5.98. The van der Waals surface area contributed by atoms with Crippen LogP contribution in [-0.2, 0) is 4.79 Å². The number of rotatable bonds is 3. The molecule has 0 heterocycles. The van der Waals surface area contributed by atoms with Gasteiger partial charge in [-0.2, -0.15) is 0 Å². The van der Waals surface area contributed by atoms with Crippen LogP contribution in [0.3, 0.4) is 0 Å². The van der Waals surface area contributed by atoms with Crippen molar-refractivity contribution in [2.75, 3.05) is 0 Å². The lowest BCUT2D eigenvalue weighted by Crippen LogP contribution is -2.04. The fourth-order valence-electron chi connectivity index (χ4n) is 1.09. The quantitative estimate of drug-likeness (QED) is 0.367. The molecule has 1 rings (SSSR count). The largest absolute Gasteiger partial charge is 0.287 e. The Morgan fingerprint density at radius 2 is 1.95 bits per heavy atom. The molecule has 0 aliphatic rings. The van der Waals surface area contributed by atoms with Gasteiger partial charge in [0.1, 0.15) is 11.6 Å². The first kappa shape index (κ1) is 15.1. The van der Waals surface area contributed by atoms with E-state index in [1.54, 1.807) is 13.8 Å². The number of azide groups is 1. The summed E-state index contributed by atoms with van der Waals surface area (Å²) in [6.45, 7) is 3.26. The van der Waals surface area contributed by atoms with Crippen molar-refractivity contribution < 1.29 is 18.4 Å². The van der Waals surface area contributed by atoms with E-state index < -0.39 is 23.1 Å². The van der Waals surface area contributed by atoms with E-state index in [4.69, 9.17) is 5.53 Å². The van der Waals surface area contributed by atoms with Gasteiger partial charge < -0.3 is 0 Å². The molecule has 100 valence electrons. The number of hydrogen-bond acceptors (Lipinski definition) is 3. The fraction of sp³-hybridized carbons (Fsp3) is 0.273. The van der Waals surface area contributed by atoms with Gasteiger partial charge in [0.2, 0.25) is 0 Å². The molecule has 19 heavy (non-hydrogen) atoms. The van der Waals surface area contributed by atoms with E-state index in [1.807, 2.05) is 0 Å². The second-order valence-electron chi connectivity index (χ2n) is 3.83. The average molecular weight is 285 g/mol.